The van der Waals surface area contributed by atoms with Gasteiger partial charge in [-0.2, -0.15) is 0 Å². The third-order valence-electron chi connectivity index (χ3n) is 3.37. The first kappa shape index (κ1) is 12.2. The molecule has 0 aliphatic carbocycles. The van der Waals surface area contributed by atoms with Crippen molar-refractivity contribution in [3.05, 3.63) is 24.5 Å². The van der Waals surface area contributed by atoms with E-state index in [4.69, 9.17) is 9.47 Å². The Morgan fingerprint density at radius 1 is 1.21 bits per heavy atom. The fourth-order valence-corrected chi connectivity index (χ4v) is 2.30. The number of aromatic nitrogens is 2. The molecule has 0 atom stereocenters. The summed E-state index contributed by atoms with van der Waals surface area (Å²) in [5, 5.41) is 4.23. The molecule has 1 aliphatic heterocycles. The van der Waals surface area contributed by atoms with E-state index in [1.165, 1.54) is 0 Å². The second-order valence-electron chi connectivity index (χ2n) is 4.63. The second kappa shape index (κ2) is 5.40. The molecule has 0 spiro atoms. The van der Waals surface area contributed by atoms with E-state index in [1.54, 1.807) is 13.4 Å². The molecular formula is C14H17N3O2. The molecule has 0 amide bonds. The van der Waals surface area contributed by atoms with Crippen molar-refractivity contribution in [3.8, 4) is 11.6 Å². The van der Waals surface area contributed by atoms with Gasteiger partial charge in [0.2, 0.25) is 5.88 Å². The fourth-order valence-electron chi connectivity index (χ4n) is 2.30. The highest BCUT2D eigenvalue weighted by molar-refractivity contribution is 5.84. The zero-order chi connectivity index (χ0) is 13.1. The Kier molecular flexibility index (Phi) is 3.46. The maximum Gasteiger partial charge on any atom is 0.224 e. The smallest absolute Gasteiger partial charge is 0.224 e. The van der Waals surface area contributed by atoms with E-state index in [0.717, 1.165) is 42.6 Å². The molecule has 1 N–H and O–H groups in total. The number of ether oxygens (including phenoxy) is 2. The lowest BCUT2D eigenvalue weighted by Gasteiger charge is -2.23. The first-order valence-corrected chi connectivity index (χ1v) is 6.53. The SMILES string of the molecule is COc1ccc2ncnc(OC3CCNCC3)c2c1. The van der Waals surface area contributed by atoms with Gasteiger partial charge in [-0.3, -0.25) is 0 Å². The summed E-state index contributed by atoms with van der Waals surface area (Å²) in [4.78, 5) is 8.52. The lowest BCUT2D eigenvalue weighted by molar-refractivity contribution is 0.158. The second-order valence-corrected chi connectivity index (χ2v) is 4.63. The van der Waals surface area contributed by atoms with E-state index >= 15 is 0 Å². The Morgan fingerprint density at radius 2 is 2.05 bits per heavy atom. The van der Waals surface area contributed by atoms with Crippen LogP contribution in [0.15, 0.2) is 24.5 Å². The van der Waals surface area contributed by atoms with Crippen molar-refractivity contribution in [2.75, 3.05) is 20.2 Å². The van der Waals surface area contributed by atoms with Gasteiger partial charge in [0.15, 0.2) is 0 Å². The highest BCUT2D eigenvalue weighted by Gasteiger charge is 2.16. The molecule has 1 aromatic carbocycles. The molecule has 0 radical (unpaired) electrons. The van der Waals surface area contributed by atoms with Crippen LogP contribution in [0.2, 0.25) is 0 Å². The Balaban J connectivity index is 1.92. The first-order chi connectivity index (χ1) is 9.36. The maximum atomic E-state index is 6.02. The predicted octanol–water partition coefficient (Wildman–Crippen LogP) is 1.77. The van der Waals surface area contributed by atoms with Crippen LogP contribution in [0.25, 0.3) is 10.9 Å². The molecule has 1 fully saturated rings. The van der Waals surface area contributed by atoms with Crippen molar-refractivity contribution in [1.29, 1.82) is 0 Å². The van der Waals surface area contributed by atoms with Gasteiger partial charge in [0.05, 0.1) is 18.0 Å². The molecule has 100 valence electrons. The van der Waals surface area contributed by atoms with Gasteiger partial charge in [-0.15, -0.1) is 0 Å². The minimum absolute atomic E-state index is 0.227. The lowest BCUT2D eigenvalue weighted by atomic mass is 10.1. The van der Waals surface area contributed by atoms with E-state index in [0.29, 0.717) is 5.88 Å². The number of rotatable bonds is 3. The summed E-state index contributed by atoms with van der Waals surface area (Å²) in [7, 11) is 1.65. The van der Waals surface area contributed by atoms with Gasteiger partial charge < -0.3 is 14.8 Å². The number of hydrogen-bond donors (Lipinski definition) is 1. The number of piperidine rings is 1. The Hall–Kier alpha value is -1.88. The van der Waals surface area contributed by atoms with Gasteiger partial charge in [-0.25, -0.2) is 9.97 Å². The van der Waals surface area contributed by atoms with E-state index < -0.39 is 0 Å². The average molecular weight is 259 g/mol. The minimum Gasteiger partial charge on any atom is -0.497 e. The molecule has 5 heteroatoms. The maximum absolute atomic E-state index is 6.02. The molecule has 2 heterocycles. The summed E-state index contributed by atoms with van der Waals surface area (Å²) in [5.74, 6) is 1.44. The molecular weight excluding hydrogens is 242 g/mol. The van der Waals surface area contributed by atoms with Crippen LogP contribution >= 0.6 is 0 Å². The van der Waals surface area contributed by atoms with Gasteiger partial charge in [-0.1, -0.05) is 0 Å². The molecule has 2 aromatic rings. The Morgan fingerprint density at radius 3 is 2.84 bits per heavy atom. The van der Waals surface area contributed by atoms with Gasteiger partial charge in [0, 0.05) is 0 Å². The largest absolute Gasteiger partial charge is 0.497 e. The van der Waals surface area contributed by atoms with Crippen LogP contribution in [-0.4, -0.2) is 36.3 Å². The van der Waals surface area contributed by atoms with Crippen LogP contribution in [0.5, 0.6) is 11.6 Å². The summed E-state index contributed by atoms with van der Waals surface area (Å²) >= 11 is 0. The van der Waals surface area contributed by atoms with Gasteiger partial charge >= 0.3 is 0 Å². The van der Waals surface area contributed by atoms with E-state index in [2.05, 4.69) is 15.3 Å². The molecule has 1 aliphatic rings. The number of fused-ring (bicyclic) bond motifs is 1. The van der Waals surface area contributed by atoms with E-state index in [1.807, 2.05) is 18.2 Å². The number of methoxy groups -OCH3 is 1. The number of hydrogen-bond acceptors (Lipinski definition) is 5. The third kappa shape index (κ3) is 2.61. The summed E-state index contributed by atoms with van der Waals surface area (Å²) in [6.07, 6.45) is 3.79. The molecule has 1 saturated heterocycles. The van der Waals surface area contributed by atoms with Crippen LogP contribution in [0.3, 0.4) is 0 Å². The highest BCUT2D eigenvalue weighted by Crippen LogP contribution is 2.27. The summed E-state index contributed by atoms with van der Waals surface area (Å²) < 4.78 is 11.3. The van der Waals surface area contributed by atoms with Gasteiger partial charge in [0.25, 0.3) is 0 Å². The van der Waals surface area contributed by atoms with Crippen LogP contribution < -0.4 is 14.8 Å². The Labute approximate surface area is 112 Å². The third-order valence-corrected chi connectivity index (χ3v) is 3.37. The summed E-state index contributed by atoms with van der Waals surface area (Å²) in [5.41, 5.74) is 0.875. The molecule has 3 rings (SSSR count). The lowest BCUT2D eigenvalue weighted by Crippen LogP contribution is -2.34. The van der Waals surface area contributed by atoms with E-state index in [9.17, 15) is 0 Å². The van der Waals surface area contributed by atoms with Crippen molar-refractivity contribution in [2.45, 2.75) is 18.9 Å². The van der Waals surface area contributed by atoms with Crippen molar-refractivity contribution >= 4 is 10.9 Å². The normalized spacial score (nSPS) is 16.5. The fraction of sp³-hybridized carbons (Fsp3) is 0.429. The predicted molar refractivity (Wildman–Crippen MR) is 72.6 cm³/mol. The van der Waals surface area contributed by atoms with Crippen LogP contribution in [0, 0.1) is 0 Å². The van der Waals surface area contributed by atoms with Crippen LogP contribution in [-0.2, 0) is 0 Å². The zero-order valence-electron chi connectivity index (χ0n) is 10.9. The molecule has 0 unspecified atom stereocenters. The van der Waals surface area contributed by atoms with Crippen LogP contribution in [0.1, 0.15) is 12.8 Å². The number of benzene rings is 1. The van der Waals surface area contributed by atoms with Gasteiger partial charge in [-0.05, 0) is 44.1 Å². The van der Waals surface area contributed by atoms with Crippen LogP contribution in [0.4, 0.5) is 0 Å². The standard InChI is InChI=1S/C14H17N3O2/c1-18-11-2-3-13-12(8-11)14(17-9-16-13)19-10-4-6-15-7-5-10/h2-3,8-10,15H,4-7H2,1H3. The molecule has 0 saturated carbocycles. The summed E-state index contributed by atoms with van der Waals surface area (Å²) in [6.45, 7) is 1.99. The molecule has 0 bridgehead atoms. The quantitative estimate of drug-likeness (QED) is 0.910. The molecule has 5 nitrogen and oxygen atoms in total. The van der Waals surface area contributed by atoms with Gasteiger partial charge in [0.1, 0.15) is 18.2 Å². The summed E-state index contributed by atoms with van der Waals surface area (Å²) in [6, 6.07) is 5.74. The highest BCUT2D eigenvalue weighted by atomic mass is 16.5. The topological polar surface area (TPSA) is 56.3 Å². The molecule has 19 heavy (non-hydrogen) atoms. The van der Waals surface area contributed by atoms with Crippen molar-refractivity contribution in [3.63, 3.8) is 0 Å². The molecule has 1 aromatic heterocycles. The van der Waals surface area contributed by atoms with Crippen molar-refractivity contribution in [1.82, 2.24) is 15.3 Å². The monoisotopic (exact) mass is 259 g/mol. The number of nitrogens with one attached hydrogen (secondary N) is 1. The van der Waals surface area contributed by atoms with Crippen molar-refractivity contribution in [2.24, 2.45) is 0 Å². The average Bonchev–Trinajstić information content (AvgIpc) is 2.48. The minimum atomic E-state index is 0.227. The Bertz CT molecular complexity index is 568. The van der Waals surface area contributed by atoms with Crippen molar-refractivity contribution < 1.29 is 9.47 Å². The first-order valence-electron chi connectivity index (χ1n) is 6.53. The number of nitrogens with zero attached hydrogens (tertiary/aromatic N) is 2. The van der Waals surface area contributed by atoms with E-state index in [-0.39, 0.29) is 6.10 Å². The zero-order valence-corrected chi connectivity index (χ0v) is 10.9.